The Morgan fingerprint density at radius 3 is 2.09 bits per heavy atom. The molecule has 0 saturated carbocycles. The molecule has 5 nitrogen and oxygen atoms in total. The molecule has 0 fully saturated rings. The number of halogens is 2. The van der Waals surface area contributed by atoms with Crippen LogP contribution in [0.15, 0.2) is 105 Å². The minimum absolute atomic E-state index is 0.244. The van der Waals surface area contributed by atoms with Gasteiger partial charge in [0.25, 0.3) is 0 Å². The molecule has 4 rings (SSSR count). The highest BCUT2D eigenvalue weighted by Gasteiger charge is 2.10. The van der Waals surface area contributed by atoms with Gasteiger partial charge < -0.3 is 14.6 Å². The van der Waals surface area contributed by atoms with Crippen LogP contribution in [0.5, 0.6) is 17.2 Å². The fraction of sp³-hybridized carbons (Fsp3) is 0.0370. The predicted octanol–water partition coefficient (Wildman–Crippen LogP) is 8.03. The van der Waals surface area contributed by atoms with E-state index in [0.717, 1.165) is 37.3 Å². The Balaban J connectivity index is 1.39. The molecule has 1 N–H and O–H groups in total. The van der Waals surface area contributed by atoms with Crippen molar-refractivity contribution in [3.05, 3.63) is 117 Å². The van der Waals surface area contributed by atoms with Gasteiger partial charge in [0.1, 0.15) is 23.9 Å². The number of aromatic carboxylic acids is 1. The first-order valence-electron chi connectivity index (χ1n) is 10.3. The molecule has 0 atom stereocenters. The highest BCUT2D eigenvalue weighted by atomic mass is 79.9. The Morgan fingerprint density at radius 1 is 0.853 bits per heavy atom. The van der Waals surface area contributed by atoms with E-state index >= 15 is 0 Å². The van der Waals surface area contributed by atoms with Crippen molar-refractivity contribution in [3.63, 3.8) is 0 Å². The Kier molecular flexibility index (Phi) is 7.77. The molecule has 0 aromatic heterocycles. The van der Waals surface area contributed by atoms with Crippen molar-refractivity contribution in [1.29, 1.82) is 0 Å². The SMILES string of the molecule is O=C(O)c1ccc(COc2c(Br)cc(C=Nc3ccc(Oc4ccccc4)cc3)cc2Br)cc1. The maximum atomic E-state index is 11.0. The van der Waals surface area contributed by atoms with Gasteiger partial charge in [-0.05, 0) is 104 Å². The first kappa shape index (κ1) is 23.7. The zero-order valence-corrected chi connectivity index (χ0v) is 21.0. The van der Waals surface area contributed by atoms with E-state index in [2.05, 4.69) is 36.9 Å². The molecule has 0 unspecified atom stereocenters. The van der Waals surface area contributed by atoms with E-state index in [1.807, 2.05) is 66.7 Å². The third kappa shape index (κ3) is 6.34. The van der Waals surface area contributed by atoms with Crippen molar-refractivity contribution in [2.24, 2.45) is 4.99 Å². The smallest absolute Gasteiger partial charge is 0.335 e. The average molecular weight is 581 g/mol. The van der Waals surface area contributed by atoms with Gasteiger partial charge in [-0.25, -0.2) is 4.79 Å². The maximum Gasteiger partial charge on any atom is 0.335 e. The molecule has 0 bridgehead atoms. The van der Waals surface area contributed by atoms with E-state index in [4.69, 9.17) is 14.6 Å². The number of rotatable bonds is 8. The van der Waals surface area contributed by atoms with Crippen molar-refractivity contribution in [1.82, 2.24) is 0 Å². The monoisotopic (exact) mass is 579 g/mol. The van der Waals surface area contributed by atoms with Crippen molar-refractivity contribution in [2.75, 3.05) is 0 Å². The molecule has 0 aliphatic rings. The van der Waals surface area contributed by atoms with Gasteiger partial charge in [0.2, 0.25) is 0 Å². The second-order valence-corrected chi connectivity index (χ2v) is 8.98. The zero-order valence-electron chi connectivity index (χ0n) is 17.8. The van der Waals surface area contributed by atoms with Crippen LogP contribution in [-0.4, -0.2) is 17.3 Å². The topological polar surface area (TPSA) is 68.1 Å². The summed E-state index contributed by atoms with van der Waals surface area (Å²) in [6.07, 6.45) is 1.77. The lowest BCUT2D eigenvalue weighted by atomic mass is 10.1. The highest BCUT2D eigenvalue weighted by molar-refractivity contribution is 9.11. The van der Waals surface area contributed by atoms with Crippen molar-refractivity contribution >= 4 is 49.7 Å². The van der Waals surface area contributed by atoms with Crippen LogP contribution in [0.1, 0.15) is 21.5 Å². The molecule has 4 aromatic rings. The Bertz CT molecular complexity index is 1280. The summed E-state index contributed by atoms with van der Waals surface area (Å²) in [6, 6.07) is 27.6. The minimum atomic E-state index is -0.952. The molecule has 0 saturated heterocycles. The summed E-state index contributed by atoms with van der Waals surface area (Å²) in [4.78, 5) is 15.5. The molecule has 0 aliphatic heterocycles. The lowest BCUT2D eigenvalue weighted by Crippen LogP contribution is -2.00. The van der Waals surface area contributed by atoms with Crippen LogP contribution >= 0.6 is 31.9 Å². The Hall–Kier alpha value is -3.42. The molecule has 7 heteroatoms. The van der Waals surface area contributed by atoms with Crippen LogP contribution in [0.25, 0.3) is 0 Å². The second kappa shape index (κ2) is 11.1. The molecule has 4 aromatic carbocycles. The van der Waals surface area contributed by atoms with Crippen LogP contribution in [-0.2, 0) is 6.61 Å². The summed E-state index contributed by atoms with van der Waals surface area (Å²) >= 11 is 7.12. The van der Waals surface area contributed by atoms with Gasteiger partial charge in [0.05, 0.1) is 20.2 Å². The van der Waals surface area contributed by atoms with Gasteiger partial charge in [-0.1, -0.05) is 30.3 Å². The first-order chi connectivity index (χ1) is 16.5. The normalized spacial score (nSPS) is 10.9. The first-order valence-corrected chi connectivity index (χ1v) is 11.9. The number of benzene rings is 4. The van der Waals surface area contributed by atoms with Crippen molar-refractivity contribution in [3.8, 4) is 17.2 Å². The molecule has 0 aliphatic carbocycles. The standard InChI is InChI=1S/C27H19Br2NO4/c28-24-14-19(15-25(29)26(24)33-17-18-6-8-20(9-7-18)27(31)32)16-30-21-10-12-23(13-11-21)34-22-4-2-1-3-5-22/h1-16H,17H2,(H,31,32). The molecule has 0 spiro atoms. The van der Waals surface area contributed by atoms with Gasteiger partial charge in [-0.2, -0.15) is 0 Å². The quantitative estimate of drug-likeness (QED) is 0.214. The number of hydrogen-bond donors (Lipinski definition) is 1. The third-order valence-electron chi connectivity index (χ3n) is 4.78. The molecule has 0 heterocycles. The molecule has 170 valence electrons. The second-order valence-electron chi connectivity index (χ2n) is 7.27. The van der Waals surface area contributed by atoms with E-state index in [9.17, 15) is 4.79 Å². The fourth-order valence-electron chi connectivity index (χ4n) is 3.06. The summed E-state index contributed by atoms with van der Waals surface area (Å²) in [7, 11) is 0. The molecular formula is C27H19Br2NO4. The number of ether oxygens (including phenoxy) is 2. The summed E-state index contributed by atoms with van der Waals surface area (Å²) in [5.41, 5.74) is 2.81. The summed E-state index contributed by atoms with van der Waals surface area (Å²) in [5.74, 6) is 1.23. The van der Waals surface area contributed by atoms with Crippen LogP contribution in [0.3, 0.4) is 0 Å². The molecule has 0 radical (unpaired) electrons. The van der Waals surface area contributed by atoms with Gasteiger partial charge in [-0.15, -0.1) is 0 Å². The maximum absolute atomic E-state index is 11.0. The predicted molar refractivity (Wildman–Crippen MR) is 140 cm³/mol. The highest BCUT2D eigenvalue weighted by Crippen LogP contribution is 2.35. The van der Waals surface area contributed by atoms with E-state index in [0.29, 0.717) is 12.4 Å². The van der Waals surface area contributed by atoms with Gasteiger partial charge in [0.15, 0.2) is 0 Å². The van der Waals surface area contributed by atoms with E-state index in [1.165, 1.54) is 0 Å². The number of carbonyl (C=O) groups is 1. The van der Waals surface area contributed by atoms with Crippen LogP contribution in [0, 0.1) is 0 Å². The number of hydrogen-bond acceptors (Lipinski definition) is 4. The van der Waals surface area contributed by atoms with Gasteiger partial charge in [-0.3, -0.25) is 4.99 Å². The molecule has 34 heavy (non-hydrogen) atoms. The number of aliphatic imine (C=N–C) groups is 1. The van der Waals surface area contributed by atoms with Crippen LogP contribution in [0.2, 0.25) is 0 Å². The van der Waals surface area contributed by atoms with Gasteiger partial charge in [0, 0.05) is 6.21 Å². The summed E-state index contributed by atoms with van der Waals surface area (Å²) in [5, 5.41) is 9.01. The van der Waals surface area contributed by atoms with E-state index < -0.39 is 5.97 Å². The summed E-state index contributed by atoms with van der Waals surface area (Å²) in [6.45, 7) is 0.307. The van der Waals surface area contributed by atoms with E-state index in [-0.39, 0.29) is 5.56 Å². The number of para-hydroxylation sites is 1. The Labute approximate surface area is 214 Å². The Morgan fingerprint density at radius 2 is 1.47 bits per heavy atom. The fourth-order valence-corrected chi connectivity index (χ4v) is 4.52. The summed E-state index contributed by atoms with van der Waals surface area (Å²) < 4.78 is 13.3. The van der Waals surface area contributed by atoms with E-state index in [1.54, 1.807) is 30.5 Å². The lowest BCUT2D eigenvalue weighted by molar-refractivity contribution is 0.0697. The average Bonchev–Trinajstić information content (AvgIpc) is 2.84. The largest absolute Gasteiger partial charge is 0.487 e. The van der Waals surface area contributed by atoms with Crippen LogP contribution in [0.4, 0.5) is 5.69 Å². The number of nitrogens with zero attached hydrogens (tertiary/aromatic N) is 1. The molecular weight excluding hydrogens is 562 g/mol. The van der Waals surface area contributed by atoms with Crippen LogP contribution < -0.4 is 9.47 Å². The lowest BCUT2D eigenvalue weighted by Gasteiger charge is -2.11. The number of carboxylic acids is 1. The number of carboxylic acid groups (broad SMARTS) is 1. The minimum Gasteiger partial charge on any atom is -0.487 e. The third-order valence-corrected chi connectivity index (χ3v) is 5.96. The zero-order chi connectivity index (χ0) is 23.9. The van der Waals surface area contributed by atoms with Gasteiger partial charge >= 0.3 is 5.97 Å². The molecule has 0 amide bonds. The van der Waals surface area contributed by atoms with Crippen molar-refractivity contribution in [2.45, 2.75) is 6.61 Å². The van der Waals surface area contributed by atoms with Crippen molar-refractivity contribution < 1.29 is 19.4 Å².